The van der Waals surface area contributed by atoms with E-state index in [2.05, 4.69) is 47.2 Å². The molecule has 10 atom stereocenters. The van der Waals surface area contributed by atoms with E-state index in [1.807, 2.05) is 24.3 Å². The van der Waals surface area contributed by atoms with Gasteiger partial charge in [-0.2, -0.15) is 0 Å². The van der Waals surface area contributed by atoms with Crippen LogP contribution in [0.1, 0.15) is 91.2 Å². The van der Waals surface area contributed by atoms with Crippen molar-refractivity contribution in [3.8, 4) is 0 Å². The summed E-state index contributed by atoms with van der Waals surface area (Å²) in [5.74, 6) is -11.0. The SMILES string of the molecule is CC[C@H](C)[C@H](NC(=O)[C@H](Cc1c[nH]c2ccccc12)NC(=O)[C@H](Cc1c[nH]c2ccccc12)NC(=O)[C@H](CC(C)C)NC(=O)[C@H](CO)NC(=O)[C@H](CC(=O)O)NC(=O)[C@H](CC(C)C)NC(=O)[C@@H]1CCCN1C(=O)[C@@H](N)CO)C(=O)O. The van der Waals surface area contributed by atoms with Crippen molar-refractivity contribution in [2.75, 3.05) is 19.8 Å². The quantitative estimate of drug-likeness (QED) is 0.0322. The van der Waals surface area contributed by atoms with Gasteiger partial charge in [-0.15, -0.1) is 0 Å². The number of H-pyrrole nitrogens is 2. The number of aliphatic hydroxyl groups excluding tert-OH is 2. The van der Waals surface area contributed by atoms with E-state index < -0.39 is 139 Å². The summed E-state index contributed by atoms with van der Waals surface area (Å²) in [6, 6.07) is 1.56. The van der Waals surface area contributed by atoms with Crippen molar-refractivity contribution in [1.29, 1.82) is 0 Å². The summed E-state index contributed by atoms with van der Waals surface area (Å²) in [7, 11) is 0. The highest BCUT2D eigenvalue weighted by Crippen LogP contribution is 2.23. The molecule has 4 aromatic rings. The molecule has 1 aliphatic heterocycles. The molecule has 2 aromatic carbocycles. The third-order valence-corrected chi connectivity index (χ3v) is 14.1. The van der Waals surface area contributed by atoms with Gasteiger partial charge in [-0.1, -0.05) is 84.4 Å². The standard InChI is InChI=1S/C55H77N11O14/c1-7-30(6)46(55(79)80)65-51(75)41(22-32-25-58-37-16-11-9-14-34(32)37)61-49(73)40(21-31-24-57-36-15-10-8-13-33(31)36)60-47(71)38(19-28(2)3)59-52(76)43(27-68)64-50(74)42(23-45(69)70)62-48(72)39(20-29(4)5)63-53(77)44-17-12-18-66(44)54(78)35(56)26-67/h8-11,13-16,24-25,28-30,35,38-44,46,57-58,67-68H,7,12,17-23,26-27,56H2,1-6H3,(H,59,76)(H,60,71)(H,61,73)(H,62,72)(H,63,77)(H,64,74)(H,65,75)(H,69,70)(H,79,80)/t30-,35-,38-,39-,40-,41-,42-,43-,44-,46-/m0/s1. The molecule has 8 amide bonds. The maximum absolute atomic E-state index is 14.8. The predicted molar refractivity (Wildman–Crippen MR) is 293 cm³/mol. The fraction of sp³-hybridized carbons (Fsp3) is 0.527. The minimum Gasteiger partial charge on any atom is -0.481 e. The molecule has 5 rings (SSSR count). The van der Waals surface area contributed by atoms with Crippen molar-refractivity contribution in [3.63, 3.8) is 0 Å². The van der Waals surface area contributed by atoms with Crippen molar-refractivity contribution in [2.24, 2.45) is 23.5 Å². The van der Waals surface area contributed by atoms with Crippen molar-refractivity contribution >= 4 is 81.0 Å². The Morgan fingerprint density at radius 1 is 0.600 bits per heavy atom. The van der Waals surface area contributed by atoms with E-state index in [0.717, 1.165) is 16.4 Å². The monoisotopic (exact) mass is 1120 g/mol. The first-order chi connectivity index (χ1) is 38.0. The average Bonchev–Trinajstić information content (AvgIpc) is 4.19. The number of carbonyl (C=O) groups excluding carboxylic acids is 8. The minimum atomic E-state index is -1.87. The number of likely N-dealkylation sites (tertiary alicyclic amines) is 1. The second-order valence-corrected chi connectivity index (χ2v) is 21.2. The number of aromatic nitrogens is 2. The fourth-order valence-corrected chi connectivity index (χ4v) is 9.60. The summed E-state index contributed by atoms with van der Waals surface area (Å²) < 4.78 is 0. The van der Waals surface area contributed by atoms with Crippen LogP contribution in [-0.4, -0.2) is 169 Å². The highest BCUT2D eigenvalue weighted by molar-refractivity contribution is 5.99. The van der Waals surface area contributed by atoms with Gasteiger partial charge < -0.3 is 78.2 Å². The normalized spacial score (nSPS) is 16.8. The molecule has 0 bridgehead atoms. The molecule has 80 heavy (non-hydrogen) atoms. The lowest BCUT2D eigenvalue weighted by atomic mass is 9.97. The molecule has 25 heteroatoms. The number of hydrogen-bond donors (Lipinski definition) is 14. The number of carboxylic acids is 2. The zero-order valence-electron chi connectivity index (χ0n) is 45.9. The Labute approximate surface area is 462 Å². The molecule has 0 aliphatic carbocycles. The summed E-state index contributed by atoms with van der Waals surface area (Å²) in [4.78, 5) is 144. The Morgan fingerprint density at radius 2 is 1.04 bits per heavy atom. The maximum Gasteiger partial charge on any atom is 0.326 e. The molecule has 436 valence electrons. The van der Waals surface area contributed by atoms with Crippen LogP contribution in [0.25, 0.3) is 21.8 Å². The molecule has 0 unspecified atom stereocenters. The number of carbonyl (C=O) groups is 10. The molecule has 0 spiro atoms. The Hall–Kier alpha value is -7.90. The molecule has 25 nitrogen and oxygen atoms in total. The molecule has 1 fully saturated rings. The third kappa shape index (κ3) is 17.1. The molecule has 1 aliphatic rings. The Kier molecular flexibility index (Phi) is 23.1. The number of nitrogens with zero attached hydrogens (tertiary/aromatic N) is 1. The fourth-order valence-electron chi connectivity index (χ4n) is 9.60. The van der Waals surface area contributed by atoms with Crippen LogP contribution in [0.5, 0.6) is 0 Å². The number of para-hydroxylation sites is 2. The zero-order chi connectivity index (χ0) is 59.0. The van der Waals surface area contributed by atoms with Gasteiger partial charge in [0, 0.05) is 53.6 Å². The van der Waals surface area contributed by atoms with Crippen LogP contribution < -0.4 is 43.0 Å². The number of nitrogens with one attached hydrogen (secondary N) is 9. The van der Waals surface area contributed by atoms with Crippen LogP contribution in [0.3, 0.4) is 0 Å². The van der Waals surface area contributed by atoms with E-state index in [-0.39, 0.29) is 50.5 Å². The number of amides is 8. The topological polar surface area (TPSA) is 397 Å². The van der Waals surface area contributed by atoms with Crippen LogP contribution in [0, 0.1) is 17.8 Å². The summed E-state index contributed by atoms with van der Waals surface area (Å²) >= 11 is 0. The molecule has 2 aromatic heterocycles. The first-order valence-electron chi connectivity index (χ1n) is 26.9. The Balaban J connectivity index is 1.38. The van der Waals surface area contributed by atoms with Gasteiger partial charge in [-0.25, -0.2) is 4.79 Å². The van der Waals surface area contributed by atoms with Gasteiger partial charge in [0.2, 0.25) is 47.3 Å². The molecule has 0 saturated carbocycles. The summed E-state index contributed by atoms with van der Waals surface area (Å²) in [5.41, 5.74) is 8.41. The molecule has 3 heterocycles. The number of aliphatic hydroxyl groups is 2. The van der Waals surface area contributed by atoms with Crippen LogP contribution in [0.4, 0.5) is 0 Å². The first kappa shape index (κ1) is 62.9. The number of carboxylic acid groups (broad SMARTS) is 2. The second kappa shape index (κ2) is 29.4. The van der Waals surface area contributed by atoms with Crippen LogP contribution >= 0.6 is 0 Å². The van der Waals surface area contributed by atoms with Crippen molar-refractivity contribution in [2.45, 2.75) is 147 Å². The number of hydrogen-bond acceptors (Lipinski definition) is 13. The molecular formula is C55H77N11O14. The zero-order valence-corrected chi connectivity index (χ0v) is 45.9. The number of aromatic amines is 2. The van der Waals surface area contributed by atoms with E-state index in [1.54, 1.807) is 78.2 Å². The lowest BCUT2D eigenvalue weighted by Gasteiger charge is -2.29. The van der Waals surface area contributed by atoms with Crippen LogP contribution in [-0.2, 0) is 60.8 Å². The van der Waals surface area contributed by atoms with Gasteiger partial charge in [-0.05, 0) is 66.7 Å². The van der Waals surface area contributed by atoms with Gasteiger partial charge >= 0.3 is 11.9 Å². The summed E-state index contributed by atoms with van der Waals surface area (Å²) in [5, 5.41) is 59.1. The Bertz CT molecular complexity index is 2850. The summed E-state index contributed by atoms with van der Waals surface area (Å²) in [6.07, 6.45) is 3.11. The smallest absolute Gasteiger partial charge is 0.326 e. The number of benzene rings is 2. The maximum atomic E-state index is 14.8. The van der Waals surface area contributed by atoms with E-state index in [4.69, 9.17) is 5.73 Å². The van der Waals surface area contributed by atoms with Crippen LogP contribution in [0.15, 0.2) is 60.9 Å². The Morgan fingerprint density at radius 3 is 1.51 bits per heavy atom. The molecule has 1 saturated heterocycles. The van der Waals surface area contributed by atoms with Gasteiger partial charge in [-0.3, -0.25) is 43.2 Å². The molecule has 15 N–H and O–H groups in total. The van der Waals surface area contributed by atoms with Gasteiger partial charge in [0.25, 0.3) is 0 Å². The molecule has 0 radical (unpaired) electrons. The van der Waals surface area contributed by atoms with E-state index in [1.165, 1.54) is 4.90 Å². The van der Waals surface area contributed by atoms with Crippen molar-refractivity contribution < 1.29 is 68.4 Å². The number of fused-ring (bicyclic) bond motifs is 2. The van der Waals surface area contributed by atoms with E-state index >= 15 is 0 Å². The average molecular weight is 1120 g/mol. The van der Waals surface area contributed by atoms with Gasteiger partial charge in [0.05, 0.1) is 19.6 Å². The van der Waals surface area contributed by atoms with Gasteiger partial charge in [0.1, 0.15) is 54.4 Å². The largest absolute Gasteiger partial charge is 0.481 e. The van der Waals surface area contributed by atoms with E-state index in [9.17, 15) is 68.4 Å². The highest BCUT2D eigenvalue weighted by atomic mass is 16.4. The summed E-state index contributed by atoms with van der Waals surface area (Å²) in [6.45, 7) is 8.87. The highest BCUT2D eigenvalue weighted by Gasteiger charge is 2.40. The second-order valence-electron chi connectivity index (χ2n) is 21.2. The number of nitrogens with two attached hydrogens (primary N) is 1. The first-order valence-corrected chi connectivity index (χ1v) is 26.9. The predicted octanol–water partition coefficient (Wildman–Crippen LogP) is -0.171. The lowest BCUT2D eigenvalue weighted by Crippen LogP contribution is -2.61. The van der Waals surface area contributed by atoms with Crippen molar-refractivity contribution in [1.82, 2.24) is 52.1 Å². The lowest BCUT2D eigenvalue weighted by molar-refractivity contribution is -0.144. The van der Waals surface area contributed by atoms with Crippen LogP contribution in [0.2, 0.25) is 0 Å². The number of aliphatic carboxylic acids is 2. The minimum absolute atomic E-state index is 0.00754. The number of rotatable bonds is 30. The van der Waals surface area contributed by atoms with Gasteiger partial charge in [0.15, 0.2) is 0 Å². The molecular weight excluding hydrogens is 1040 g/mol. The third-order valence-electron chi connectivity index (χ3n) is 14.1. The van der Waals surface area contributed by atoms with Crippen molar-refractivity contribution in [3.05, 3.63) is 72.1 Å². The van der Waals surface area contributed by atoms with E-state index in [0.29, 0.717) is 29.4 Å².